The van der Waals surface area contributed by atoms with Crippen molar-refractivity contribution in [3.8, 4) is 0 Å². The standard InChI is InChI=1S/C20H30N6/c1-4-21-19(22-13-18-24-15-25-26(18)3)23-14-20(10-5-6-11-20)17-9-7-8-16(2)12-17/h7-9,12,15H,4-6,10-11,13-14H2,1-3H3,(H2,21,22,23). The van der Waals surface area contributed by atoms with Crippen molar-refractivity contribution in [3.05, 3.63) is 47.5 Å². The molecule has 2 N–H and O–H groups in total. The molecule has 0 spiro atoms. The van der Waals surface area contributed by atoms with E-state index in [1.54, 1.807) is 11.0 Å². The molecule has 1 aliphatic rings. The quantitative estimate of drug-likeness (QED) is 0.618. The highest BCUT2D eigenvalue weighted by Crippen LogP contribution is 2.40. The smallest absolute Gasteiger partial charge is 0.191 e. The van der Waals surface area contributed by atoms with Crippen LogP contribution in [0.2, 0.25) is 0 Å². The van der Waals surface area contributed by atoms with Crippen molar-refractivity contribution in [1.82, 2.24) is 25.4 Å². The molecule has 1 aliphatic carbocycles. The number of guanidine groups is 1. The Labute approximate surface area is 156 Å². The third-order valence-electron chi connectivity index (χ3n) is 5.31. The molecule has 6 heteroatoms. The maximum absolute atomic E-state index is 4.69. The second-order valence-electron chi connectivity index (χ2n) is 7.21. The molecule has 1 saturated carbocycles. The summed E-state index contributed by atoms with van der Waals surface area (Å²) in [4.78, 5) is 8.94. The molecule has 0 aliphatic heterocycles. The van der Waals surface area contributed by atoms with Crippen LogP contribution in [0, 0.1) is 6.92 Å². The lowest BCUT2D eigenvalue weighted by atomic mass is 9.78. The van der Waals surface area contributed by atoms with Crippen LogP contribution in [-0.4, -0.2) is 33.8 Å². The number of hydrogen-bond donors (Lipinski definition) is 2. The molecule has 1 fully saturated rings. The number of nitrogens with one attached hydrogen (secondary N) is 2. The highest BCUT2D eigenvalue weighted by molar-refractivity contribution is 5.79. The van der Waals surface area contributed by atoms with Crippen LogP contribution in [0.5, 0.6) is 0 Å². The van der Waals surface area contributed by atoms with Gasteiger partial charge in [-0.3, -0.25) is 4.68 Å². The average Bonchev–Trinajstić information content (AvgIpc) is 3.27. The van der Waals surface area contributed by atoms with Crippen LogP contribution < -0.4 is 10.6 Å². The summed E-state index contributed by atoms with van der Waals surface area (Å²) in [5, 5.41) is 11.0. The number of rotatable bonds is 6. The van der Waals surface area contributed by atoms with E-state index in [1.165, 1.54) is 36.8 Å². The monoisotopic (exact) mass is 354 g/mol. The van der Waals surface area contributed by atoms with Crippen LogP contribution in [0.15, 0.2) is 35.6 Å². The third-order valence-corrected chi connectivity index (χ3v) is 5.31. The van der Waals surface area contributed by atoms with Gasteiger partial charge in [0.25, 0.3) is 0 Å². The molecule has 1 aromatic carbocycles. The third kappa shape index (κ3) is 4.23. The van der Waals surface area contributed by atoms with Gasteiger partial charge in [-0.1, -0.05) is 42.7 Å². The highest BCUT2D eigenvalue weighted by atomic mass is 15.3. The Morgan fingerprint density at radius 2 is 2.08 bits per heavy atom. The Morgan fingerprint density at radius 3 is 2.73 bits per heavy atom. The molecule has 140 valence electrons. The summed E-state index contributed by atoms with van der Waals surface area (Å²) in [5.74, 6) is 1.70. The van der Waals surface area contributed by atoms with Crippen LogP contribution in [0.1, 0.15) is 49.6 Å². The van der Waals surface area contributed by atoms with Crippen LogP contribution in [-0.2, 0) is 19.0 Å². The van der Waals surface area contributed by atoms with E-state index in [4.69, 9.17) is 4.99 Å². The van der Waals surface area contributed by atoms with E-state index >= 15 is 0 Å². The Balaban J connectivity index is 1.72. The topological polar surface area (TPSA) is 67.1 Å². The van der Waals surface area contributed by atoms with E-state index in [2.05, 4.69) is 58.8 Å². The molecule has 1 aromatic heterocycles. The lowest BCUT2D eigenvalue weighted by Crippen LogP contribution is -2.44. The molecule has 0 saturated heterocycles. The summed E-state index contributed by atoms with van der Waals surface area (Å²) in [6.07, 6.45) is 6.61. The van der Waals surface area contributed by atoms with Crippen molar-refractivity contribution in [3.63, 3.8) is 0 Å². The molecule has 0 bridgehead atoms. The van der Waals surface area contributed by atoms with Crippen LogP contribution in [0.25, 0.3) is 0 Å². The van der Waals surface area contributed by atoms with E-state index in [-0.39, 0.29) is 5.41 Å². The minimum absolute atomic E-state index is 0.201. The van der Waals surface area contributed by atoms with Gasteiger partial charge in [0, 0.05) is 25.6 Å². The zero-order chi connectivity index (χ0) is 18.4. The van der Waals surface area contributed by atoms with Crippen LogP contribution in [0.3, 0.4) is 0 Å². The van der Waals surface area contributed by atoms with Gasteiger partial charge in [0.05, 0.1) is 0 Å². The Morgan fingerprint density at radius 1 is 1.27 bits per heavy atom. The predicted molar refractivity (Wildman–Crippen MR) is 105 cm³/mol. The zero-order valence-corrected chi connectivity index (χ0v) is 16.1. The summed E-state index contributed by atoms with van der Waals surface area (Å²) in [6, 6.07) is 8.98. The average molecular weight is 355 g/mol. The van der Waals surface area contributed by atoms with Crippen molar-refractivity contribution in [2.75, 3.05) is 13.1 Å². The lowest BCUT2D eigenvalue weighted by Gasteiger charge is -2.31. The summed E-state index contributed by atoms with van der Waals surface area (Å²) in [6.45, 7) is 6.52. The number of aryl methyl sites for hydroxylation is 2. The van der Waals surface area contributed by atoms with Crippen molar-refractivity contribution < 1.29 is 0 Å². The van der Waals surface area contributed by atoms with E-state index in [0.717, 1.165) is 24.9 Å². The molecule has 26 heavy (non-hydrogen) atoms. The number of benzene rings is 1. The first kappa shape index (κ1) is 18.4. The molecule has 0 atom stereocenters. The highest BCUT2D eigenvalue weighted by Gasteiger charge is 2.35. The van der Waals surface area contributed by atoms with Crippen LogP contribution >= 0.6 is 0 Å². The van der Waals surface area contributed by atoms with Gasteiger partial charge in [-0.15, -0.1) is 0 Å². The molecule has 0 unspecified atom stereocenters. The summed E-state index contributed by atoms with van der Waals surface area (Å²) in [5.41, 5.74) is 2.98. The first-order chi connectivity index (χ1) is 12.6. The molecule has 0 amide bonds. The summed E-state index contributed by atoms with van der Waals surface area (Å²) < 4.78 is 1.76. The lowest BCUT2D eigenvalue weighted by molar-refractivity contribution is 0.431. The minimum atomic E-state index is 0.201. The second kappa shape index (κ2) is 8.34. The second-order valence-corrected chi connectivity index (χ2v) is 7.21. The Hall–Kier alpha value is -2.37. The molecule has 1 heterocycles. The van der Waals surface area contributed by atoms with Gasteiger partial charge >= 0.3 is 0 Å². The predicted octanol–water partition coefficient (Wildman–Crippen LogP) is 2.69. The summed E-state index contributed by atoms with van der Waals surface area (Å²) >= 11 is 0. The molecule has 2 aromatic rings. The van der Waals surface area contributed by atoms with Gasteiger partial charge in [0.15, 0.2) is 5.96 Å². The van der Waals surface area contributed by atoms with Gasteiger partial charge in [-0.25, -0.2) is 9.98 Å². The van der Waals surface area contributed by atoms with E-state index in [0.29, 0.717) is 6.54 Å². The number of aliphatic imine (C=N–C) groups is 1. The number of hydrogen-bond acceptors (Lipinski definition) is 3. The van der Waals surface area contributed by atoms with Gasteiger partial charge in [0.2, 0.25) is 0 Å². The maximum atomic E-state index is 4.69. The maximum Gasteiger partial charge on any atom is 0.191 e. The van der Waals surface area contributed by atoms with Gasteiger partial charge in [-0.05, 0) is 32.3 Å². The van der Waals surface area contributed by atoms with E-state index in [1.807, 2.05) is 7.05 Å². The summed E-state index contributed by atoms with van der Waals surface area (Å²) in [7, 11) is 1.89. The first-order valence-corrected chi connectivity index (χ1v) is 9.55. The Kier molecular flexibility index (Phi) is 5.91. The van der Waals surface area contributed by atoms with Gasteiger partial charge < -0.3 is 10.6 Å². The van der Waals surface area contributed by atoms with Crippen molar-refractivity contribution in [2.45, 2.75) is 51.5 Å². The fourth-order valence-electron chi connectivity index (χ4n) is 3.80. The first-order valence-electron chi connectivity index (χ1n) is 9.55. The number of aromatic nitrogens is 3. The molecule has 0 radical (unpaired) electrons. The van der Waals surface area contributed by atoms with Gasteiger partial charge in [-0.2, -0.15) is 5.10 Å². The molecule has 6 nitrogen and oxygen atoms in total. The zero-order valence-electron chi connectivity index (χ0n) is 16.1. The van der Waals surface area contributed by atoms with Gasteiger partial charge in [0.1, 0.15) is 18.7 Å². The van der Waals surface area contributed by atoms with Crippen molar-refractivity contribution in [1.29, 1.82) is 0 Å². The largest absolute Gasteiger partial charge is 0.357 e. The fourth-order valence-corrected chi connectivity index (χ4v) is 3.80. The van der Waals surface area contributed by atoms with Crippen molar-refractivity contribution in [2.24, 2.45) is 12.0 Å². The van der Waals surface area contributed by atoms with Crippen molar-refractivity contribution >= 4 is 5.96 Å². The van der Waals surface area contributed by atoms with E-state index < -0.39 is 0 Å². The minimum Gasteiger partial charge on any atom is -0.357 e. The molecular weight excluding hydrogens is 324 g/mol. The number of nitrogens with zero attached hydrogens (tertiary/aromatic N) is 4. The normalized spacial score (nSPS) is 16.7. The molecule has 3 rings (SSSR count). The SMILES string of the molecule is CCNC(=NCc1ncnn1C)NCC1(c2cccc(C)c2)CCCC1. The Bertz CT molecular complexity index is 742. The van der Waals surface area contributed by atoms with E-state index in [9.17, 15) is 0 Å². The fraction of sp³-hybridized carbons (Fsp3) is 0.550. The molecular formula is C20H30N6. The van der Waals surface area contributed by atoms with Crippen LogP contribution in [0.4, 0.5) is 0 Å².